The first-order valence-corrected chi connectivity index (χ1v) is 10.3. The molecular weight excluding hydrogens is 426 g/mol. The average molecular weight is 444 g/mol. The average Bonchev–Trinajstić information content (AvgIpc) is 3.16. The van der Waals surface area contributed by atoms with Crippen LogP contribution >= 0.6 is 11.6 Å². The van der Waals surface area contributed by atoms with Crippen LogP contribution < -0.4 is 4.74 Å². The minimum Gasteiger partial charge on any atom is -0.492 e. The second kappa shape index (κ2) is 9.38. The number of nitro benzene ring substituents is 1. The summed E-state index contributed by atoms with van der Waals surface area (Å²) >= 11 is 5.91. The summed E-state index contributed by atoms with van der Waals surface area (Å²) in [6.45, 7) is 1.09. The Kier molecular flexibility index (Phi) is 6.20. The molecule has 0 fully saturated rings. The molecule has 3 aromatic carbocycles. The number of para-hydroxylation sites is 1. The van der Waals surface area contributed by atoms with Crippen molar-refractivity contribution in [2.45, 2.75) is 6.54 Å². The first-order chi connectivity index (χ1) is 15.5. The molecule has 0 bridgehead atoms. The summed E-state index contributed by atoms with van der Waals surface area (Å²) in [4.78, 5) is 10.4. The Morgan fingerprint density at radius 2 is 1.81 bits per heavy atom. The quantitative estimate of drug-likeness (QED) is 0.189. The fourth-order valence-corrected chi connectivity index (χ4v) is 3.59. The number of hydrogen-bond acceptors (Lipinski definition) is 4. The van der Waals surface area contributed by atoms with Gasteiger partial charge in [-0.25, -0.2) is 0 Å². The Labute approximate surface area is 189 Å². The zero-order valence-corrected chi connectivity index (χ0v) is 17.7. The summed E-state index contributed by atoms with van der Waals surface area (Å²) in [5.74, 6) is 0.746. The molecule has 0 saturated heterocycles. The molecule has 0 spiro atoms. The molecule has 32 heavy (non-hydrogen) atoms. The lowest BCUT2D eigenvalue weighted by Gasteiger charge is -2.08. The number of halogens is 1. The van der Waals surface area contributed by atoms with Crippen LogP contribution in [0.1, 0.15) is 11.1 Å². The van der Waals surface area contributed by atoms with Crippen molar-refractivity contribution in [3.8, 4) is 11.8 Å². The van der Waals surface area contributed by atoms with Gasteiger partial charge >= 0.3 is 0 Å². The monoisotopic (exact) mass is 443 g/mol. The van der Waals surface area contributed by atoms with E-state index in [1.807, 2.05) is 42.6 Å². The molecule has 0 aliphatic carbocycles. The Hall–Kier alpha value is -4.08. The lowest BCUT2D eigenvalue weighted by Crippen LogP contribution is -2.07. The number of hydrogen-bond donors (Lipinski definition) is 0. The van der Waals surface area contributed by atoms with Crippen molar-refractivity contribution >= 4 is 39.8 Å². The van der Waals surface area contributed by atoms with Gasteiger partial charge in [0.25, 0.3) is 5.69 Å². The van der Waals surface area contributed by atoms with Crippen molar-refractivity contribution in [3.05, 3.63) is 105 Å². The van der Waals surface area contributed by atoms with Gasteiger partial charge in [-0.3, -0.25) is 10.1 Å². The molecule has 4 aromatic rings. The molecule has 7 heteroatoms. The van der Waals surface area contributed by atoms with Crippen LogP contribution in [0, 0.1) is 21.4 Å². The molecule has 6 nitrogen and oxygen atoms in total. The predicted octanol–water partition coefficient (Wildman–Crippen LogP) is 6.35. The highest BCUT2D eigenvalue weighted by Crippen LogP contribution is 2.27. The second-order valence-electron chi connectivity index (χ2n) is 7.07. The predicted molar refractivity (Wildman–Crippen MR) is 125 cm³/mol. The van der Waals surface area contributed by atoms with E-state index in [-0.39, 0.29) is 5.69 Å². The lowest BCUT2D eigenvalue weighted by atomic mass is 10.0. The molecule has 0 radical (unpaired) electrons. The number of aromatic nitrogens is 1. The van der Waals surface area contributed by atoms with E-state index in [2.05, 4.69) is 10.6 Å². The van der Waals surface area contributed by atoms with Gasteiger partial charge in [0.15, 0.2) is 0 Å². The molecule has 0 atom stereocenters. The number of allylic oxidation sites excluding steroid dienone is 1. The fourth-order valence-electron chi connectivity index (χ4n) is 3.47. The normalized spacial score (nSPS) is 11.3. The zero-order valence-electron chi connectivity index (χ0n) is 16.9. The first-order valence-electron chi connectivity index (χ1n) is 9.88. The summed E-state index contributed by atoms with van der Waals surface area (Å²) < 4.78 is 7.91. The van der Waals surface area contributed by atoms with Gasteiger partial charge in [0.05, 0.1) is 23.1 Å². The van der Waals surface area contributed by atoms with Gasteiger partial charge in [0, 0.05) is 39.8 Å². The highest BCUT2D eigenvalue weighted by atomic mass is 35.5. The van der Waals surface area contributed by atoms with Gasteiger partial charge in [0.2, 0.25) is 0 Å². The molecule has 4 rings (SSSR count). The van der Waals surface area contributed by atoms with Crippen LogP contribution in [-0.4, -0.2) is 16.1 Å². The van der Waals surface area contributed by atoms with Crippen LogP contribution in [0.2, 0.25) is 5.02 Å². The lowest BCUT2D eigenvalue weighted by molar-refractivity contribution is -0.384. The number of nitrogens with zero attached hydrogens (tertiary/aromatic N) is 3. The van der Waals surface area contributed by atoms with Crippen LogP contribution in [0.25, 0.3) is 22.6 Å². The van der Waals surface area contributed by atoms with Crippen molar-refractivity contribution in [2.24, 2.45) is 0 Å². The fraction of sp³-hybridized carbons (Fsp3) is 0.0800. The van der Waals surface area contributed by atoms with E-state index in [4.69, 9.17) is 16.3 Å². The summed E-state index contributed by atoms with van der Waals surface area (Å²) in [6, 6.07) is 23.3. The number of fused-ring (bicyclic) bond motifs is 1. The molecule has 0 saturated carbocycles. The van der Waals surface area contributed by atoms with E-state index in [1.165, 1.54) is 12.1 Å². The third kappa shape index (κ3) is 4.64. The summed E-state index contributed by atoms with van der Waals surface area (Å²) in [5.41, 5.74) is 2.96. The second-order valence-corrected chi connectivity index (χ2v) is 7.51. The number of rotatable bonds is 7. The maximum atomic E-state index is 10.9. The molecule has 0 unspecified atom stereocenters. The standard InChI is InChI=1S/C25H18ClN3O3/c26-21-7-11-23(12-8-21)32-14-13-28-17-20(24-3-1-2-4-25(24)28)15-19(16-27)18-5-9-22(10-6-18)29(30)31/h1-12,15,17H,13-14H2/b19-15-. The molecular formula is C25H18ClN3O3. The third-order valence-electron chi connectivity index (χ3n) is 5.04. The Morgan fingerprint density at radius 3 is 2.50 bits per heavy atom. The van der Waals surface area contributed by atoms with Gasteiger partial charge < -0.3 is 9.30 Å². The number of nitriles is 1. The van der Waals surface area contributed by atoms with E-state index >= 15 is 0 Å². The van der Waals surface area contributed by atoms with E-state index in [0.29, 0.717) is 29.3 Å². The van der Waals surface area contributed by atoms with Crippen LogP contribution in [0.4, 0.5) is 5.69 Å². The Bertz CT molecular complexity index is 1330. The topological polar surface area (TPSA) is 81.1 Å². The zero-order chi connectivity index (χ0) is 22.5. The highest BCUT2D eigenvalue weighted by molar-refractivity contribution is 6.30. The van der Waals surface area contributed by atoms with Gasteiger partial charge in [-0.05, 0) is 54.1 Å². The smallest absolute Gasteiger partial charge is 0.269 e. The van der Waals surface area contributed by atoms with Crippen molar-refractivity contribution in [3.63, 3.8) is 0 Å². The molecule has 0 aliphatic rings. The van der Waals surface area contributed by atoms with Crippen molar-refractivity contribution in [1.82, 2.24) is 4.57 Å². The number of nitro groups is 1. The summed E-state index contributed by atoms with van der Waals surface area (Å²) in [5, 5.41) is 22.3. The van der Waals surface area contributed by atoms with Crippen LogP contribution in [0.5, 0.6) is 5.75 Å². The van der Waals surface area contributed by atoms with Crippen molar-refractivity contribution in [2.75, 3.05) is 6.61 Å². The van der Waals surface area contributed by atoms with E-state index in [9.17, 15) is 15.4 Å². The number of non-ortho nitro benzene ring substituents is 1. The third-order valence-corrected chi connectivity index (χ3v) is 5.30. The maximum Gasteiger partial charge on any atom is 0.269 e. The van der Waals surface area contributed by atoms with Gasteiger partial charge in [-0.1, -0.05) is 29.8 Å². The number of ether oxygens (including phenoxy) is 1. The Balaban J connectivity index is 1.60. The van der Waals surface area contributed by atoms with E-state index in [1.54, 1.807) is 30.3 Å². The molecule has 158 valence electrons. The van der Waals surface area contributed by atoms with Crippen LogP contribution in [-0.2, 0) is 6.54 Å². The van der Waals surface area contributed by atoms with E-state index in [0.717, 1.165) is 22.2 Å². The summed E-state index contributed by atoms with van der Waals surface area (Å²) in [7, 11) is 0. The molecule has 0 aliphatic heterocycles. The largest absolute Gasteiger partial charge is 0.492 e. The molecule has 1 heterocycles. The molecule has 0 N–H and O–H groups in total. The van der Waals surface area contributed by atoms with Crippen molar-refractivity contribution in [1.29, 1.82) is 5.26 Å². The van der Waals surface area contributed by atoms with Crippen molar-refractivity contribution < 1.29 is 9.66 Å². The van der Waals surface area contributed by atoms with Crippen LogP contribution in [0.15, 0.2) is 79.0 Å². The van der Waals surface area contributed by atoms with Gasteiger partial charge in [0.1, 0.15) is 12.4 Å². The Morgan fingerprint density at radius 1 is 1.09 bits per heavy atom. The molecule has 0 amide bonds. The van der Waals surface area contributed by atoms with Crippen LogP contribution in [0.3, 0.4) is 0 Å². The minimum atomic E-state index is -0.459. The maximum absolute atomic E-state index is 10.9. The summed E-state index contributed by atoms with van der Waals surface area (Å²) in [6.07, 6.45) is 3.79. The van der Waals surface area contributed by atoms with E-state index < -0.39 is 4.92 Å². The SMILES string of the molecule is N#C/C(=C/c1cn(CCOc2ccc(Cl)cc2)c2ccccc12)c1ccc([N+](=O)[O-])cc1. The van der Waals surface area contributed by atoms with Gasteiger partial charge in [-0.15, -0.1) is 0 Å². The van der Waals surface area contributed by atoms with Gasteiger partial charge in [-0.2, -0.15) is 5.26 Å². The highest BCUT2D eigenvalue weighted by Gasteiger charge is 2.10. The first kappa shape index (κ1) is 21.2. The minimum absolute atomic E-state index is 0.0108. The molecule has 1 aromatic heterocycles. The number of benzene rings is 3.